The van der Waals surface area contributed by atoms with Crippen molar-refractivity contribution in [2.24, 2.45) is 17.8 Å². The molecule has 1 aromatic heterocycles. The predicted molar refractivity (Wildman–Crippen MR) is 140 cm³/mol. The van der Waals surface area contributed by atoms with E-state index in [-0.39, 0.29) is 44.0 Å². The summed E-state index contributed by atoms with van der Waals surface area (Å²) < 4.78 is 1.44. The molecule has 1 aliphatic heterocycles. The van der Waals surface area contributed by atoms with Crippen molar-refractivity contribution in [3.8, 4) is 0 Å². The molecule has 1 saturated carbocycles. The number of allylic oxidation sites excluding steroid dienone is 1. The van der Waals surface area contributed by atoms with Gasteiger partial charge in [-0.2, -0.15) is 0 Å². The van der Waals surface area contributed by atoms with Crippen molar-refractivity contribution in [1.82, 2.24) is 0 Å². The van der Waals surface area contributed by atoms with Crippen LogP contribution in [0.25, 0.3) is 21.5 Å². The Morgan fingerprint density at radius 1 is 0.875 bits per heavy atom. The Morgan fingerprint density at radius 3 is 2.38 bits per heavy atom. The van der Waals surface area contributed by atoms with Gasteiger partial charge in [0.05, 0.1) is 0 Å². The standard InChI is InChI=1S/C26H26NS.3CH3.Ti/c1-14-13-17-7-6-9-20(26(17)27-14)23-15(2)16(3)24-19(23)11-12-22-25(24)18-8-4-5-10-21(18)28-22;;;;/h4-12,14-16,19,23-24H,13H2,1-3H3;3*1H3;/q4*-1;+4. The number of para-hydroxylation sites is 1. The number of rotatable bonds is 1. The summed E-state index contributed by atoms with van der Waals surface area (Å²) >= 11 is 1.96. The minimum absolute atomic E-state index is 0. The van der Waals surface area contributed by atoms with E-state index in [1.807, 2.05) is 11.3 Å². The minimum Gasteiger partial charge on any atom is -0.681 e. The molecule has 0 spiro atoms. The first-order valence-corrected chi connectivity index (χ1v) is 11.5. The number of fused-ring (bicyclic) bond motifs is 6. The van der Waals surface area contributed by atoms with Crippen molar-refractivity contribution < 1.29 is 21.7 Å². The summed E-state index contributed by atoms with van der Waals surface area (Å²) in [6.07, 6.45) is 6.05. The van der Waals surface area contributed by atoms with Crippen molar-refractivity contribution >= 4 is 33.2 Å². The van der Waals surface area contributed by atoms with Crippen LogP contribution in [0.15, 0.2) is 48.5 Å². The molecular formula is C29H35NSTi. The fourth-order valence-corrected chi connectivity index (χ4v) is 7.47. The molecule has 3 heteroatoms. The number of thiophene rings is 1. The smallest absolute Gasteiger partial charge is 0.681 e. The molecule has 0 saturated heterocycles. The largest absolute Gasteiger partial charge is 4.00 e. The van der Waals surface area contributed by atoms with Gasteiger partial charge < -0.3 is 27.6 Å². The van der Waals surface area contributed by atoms with Gasteiger partial charge in [0.1, 0.15) is 0 Å². The molecule has 0 N–H and O–H groups in total. The van der Waals surface area contributed by atoms with Crippen LogP contribution in [0.5, 0.6) is 0 Å². The quantitative estimate of drug-likeness (QED) is 0.245. The van der Waals surface area contributed by atoms with E-state index in [1.165, 1.54) is 31.8 Å². The van der Waals surface area contributed by atoms with Crippen LogP contribution in [-0.4, -0.2) is 6.04 Å². The molecule has 166 valence electrons. The number of benzene rings is 2. The van der Waals surface area contributed by atoms with E-state index in [4.69, 9.17) is 5.32 Å². The molecule has 0 bridgehead atoms. The Balaban J connectivity index is 0.000000907. The minimum atomic E-state index is 0. The normalized spacial score (nSPS) is 28.7. The average molecular weight is 478 g/mol. The molecule has 2 aliphatic carbocycles. The Hall–Kier alpha value is -1.35. The molecule has 1 nitrogen and oxygen atoms in total. The van der Waals surface area contributed by atoms with Gasteiger partial charge in [-0.05, 0) is 59.1 Å². The van der Waals surface area contributed by atoms with Gasteiger partial charge >= 0.3 is 21.7 Å². The van der Waals surface area contributed by atoms with E-state index in [2.05, 4.69) is 75.4 Å². The van der Waals surface area contributed by atoms with Gasteiger partial charge in [-0.3, -0.25) is 0 Å². The molecule has 6 rings (SSSR count). The van der Waals surface area contributed by atoms with Gasteiger partial charge in [0.15, 0.2) is 0 Å². The number of hydrogen-bond acceptors (Lipinski definition) is 1. The first-order valence-electron chi connectivity index (χ1n) is 10.7. The Labute approximate surface area is 214 Å². The maximum atomic E-state index is 5.06. The van der Waals surface area contributed by atoms with E-state index < -0.39 is 0 Å². The Morgan fingerprint density at radius 2 is 1.59 bits per heavy atom. The zero-order valence-electron chi connectivity index (χ0n) is 20.2. The Kier molecular flexibility index (Phi) is 8.30. The second-order valence-electron chi connectivity index (χ2n) is 9.12. The number of nitrogens with zero attached hydrogens (tertiary/aromatic N) is 1. The molecule has 6 atom stereocenters. The topological polar surface area (TPSA) is 14.1 Å². The van der Waals surface area contributed by atoms with Crippen LogP contribution in [0.4, 0.5) is 5.69 Å². The van der Waals surface area contributed by atoms with Crippen LogP contribution in [0.2, 0.25) is 0 Å². The van der Waals surface area contributed by atoms with Gasteiger partial charge in [-0.1, -0.05) is 74.4 Å². The van der Waals surface area contributed by atoms with Gasteiger partial charge in [-0.25, -0.2) is 0 Å². The first kappa shape index (κ1) is 26.9. The molecule has 2 heterocycles. The van der Waals surface area contributed by atoms with Crippen molar-refractivity contribution in [2.45, 2.75) is 45.1 Å². The fourth-order valence-electron chi connectivity index (χ4n) is 6.30. The molecular weight excluding hydrogens is 442 g/mol. The summed E-state index contributed by atoms with van der Waals surface area (Å²) in [6, 6.07) is 16.3. The van der Waals surface area contributed by atoms with Crippen molar-refractivity contribution in [3.05, 3.63) is 97.7 Å². The van der Waals surface area contributed by atoms with E-state index in [1.54, 1.807) is 5.56 Å². The predicted octanol–water partition coefficient (Wildman–Crippen LogP) is 9.00. The van der Waals surface area contributed by atoms with Gasteiger partial charge in [0, 0.05) is 9.58 Å². The zero-order chi connectivity index (χ0) is 19.0. The van der Waals surface area contributed by atoms with E-state index in [0.717, 1.165) is 6.42 Å². The zero-order valence-corrected chi connectivity index (χ0v) is 22.6. The SMILES string of the molecule is CC1Cc2cccc(C3C(C)C(C)C4c5c(sc6ccccc56)C=CC34)c2[N-]1.[CH3-].[CH3-].[CH3-].[Ti+4]. The van der Waals surface area contributed by atoms with Gasteiger partial charge in [0.2, 0.25) is 0 Å². The van der Waals surface area contributed by atoms with E-state index in [0.29, 0.717) is 35.6 Å². The molecule has 3 aliphatic rings. The van der Waals surface area contributed by atoms with Gasteiger partial charge in [0.25, 0.3) is 0 Å². The maximum Gasteiger partial charge on any atom is 4.00 e. The monoisotopic (exact) mass is 477 g/mol. The second-order valence-corrected chi connectivity index (χ2v) is 10.2. The van der Waals surface area contributed by atoms with Crippen LogP contribution in [-0.2, 0) is 28.1 Å². The summed E-state index contributed by atoms with van der Waals surface area (Å²) in [5.41, 5.74) is 5.89. The third kappa shape index (κ3) is 3.73. The molecule has 0 radical (unpaired) electrons. The Bertz CT molecular complexity index is 1110. The molecule has 0 amide bonds. The van der Waals surface area contributed by atoms with E-state index >= 15 is 0 Å². The summed E-state index contributed by atoms with van der Waals surface area (Å²) in [5, 5.41) is 6.54. The summed E-state index contributed by atoms with van der Waals surface area (Å²) in [4.78, 5) is 1.48. The van der Waals surface area contributed by atoms with Crippen LogP contribution in [0.1, 0.15) is 54.2 Å². The van der Waals surface area contributed by atoms with Crippen molar-refractivity contribution in [2.75, 3.05) is 0 Å². The van der Waals surface area contributed by atoms with Gasteiger partial charge in [-0.15, -0.1) is 23.1 Å². The molecule has 2 aromatic carbocycles. The van der Waals surface area contributed by atoms with Crippen molar-refractivity contribution in [1.29, 1.82) is 0 Å². The van der Waals surface area contributed by atoms with E-state index in [9.17, 15) is 0 Å². The molecule has 32 heavy (non-hydrogen) atoms. The first-order chi connectivity index (χ1) is 13.6. The summed E-state index contributed by atoms with van der Waals surface area (Å²) in [7, 11) is 0. The number of hydrogen-bond donors (Lipinski definition) is 0. The fraction of sp³-hybridized carbons (Fsp3) is 0.345. The maximum absolute atomic E-state index is 5.06. The molecule has 3 aromatic rings. The van der Waals surface area contributed by atoms with Crippen LogP contribution in [0.3, 0.4) is 0 Å². The summed E-state index contributed by atoms with van der Waals surface area (Å²) in [5.74, 6) is 3.08. The summed E-state index contributed by atoms with van der Waals surface area (Å²) in [6.45, 7) is 7.21. The molecule has 6 unspecified atom stereocenters. The molecule has 1 fully saturated rings. The second kappa shape index (κ2) is 9.88. The van der Waals surface area contributed by atoms with Crippen LogP contribution < -0.4 is 0 Å². The average Bonchev–Trinajstić information content (AvgIpc) is 3.33. The van der Waals surface area contributed by atoms with Crippen molar-refractivity contribution in [3.63, 3.8) is 0 Å². The third-order valence-electron chi connectivity index (χ3n) is 7.63. The van der Waals surface area contributed by atoms with Crippen LogP contribution in [0, 0.1) is 40.0 Å². The third-order valence-corrected chi connectivity index (χ3v) is 8.78. The van der Waals surface area contributed by atoms with Crippen LogP contribution >= 0.6 is 11.3 Å².